The van der Waals surface area contributed by atoms with Crippen molar-refractivity contribution in [2.24, 2.45) is 0 Å². The summed E-state index contributed by atoms with van der Waals surface area (Å²) in [6.45, 7) is 1.61. The van der Waals surface area contributed by atoms with Crippen LogP contribution >= 0.6 is 22.9 Å². The van der Waals surface area contributed by atoms with Crippen LogP contribution in [-0.2, 0) is 14.8 Å². The Morgan fingerprint density at radius 3 is 2.52 bits per heavy atom. The molecule has 0 atom stereocenters. The van der Waals surface area contributed by atoms with Gasteiger partial charge in [0.25, 0.3) is 0 Å². The second kappa shape index (κ2) is 7.69. The van der Waals surface area contributed by atoms with E-state index in [0.29, 0.717) is 31.3 Å². The Morgan fingerprint density at radius 1 is 1.04 bits per heavy atom. The first-order valence-electron chi connectivity index (χ1n) is 8.44. The van der Waals surface area contributed by atoms with E-state index in [1.165, 1.54) is 15.6 Å². The first-order chi connectivity index (χ1) is 13.0. The Bertz CT molecular complexity index is 1040. The van der Waals surface area contributed by atoms with Crippen LogP contribution in [0, 0.1) is 0 Å². The van der Waals surface area contributed by atoms with E-state index in [1.54, 1.807) is 18.2 Å². The minimum atomic E-state index is -3.53. The lowest BCUT2D eigenvalue weighted by Gasteiger charge is -2.26. The van der Waals surface area contributed by atoms with Gasteiger partial charge in [-0.05, 0) is 24.3 Å². The Morgan fingerprint density at radius 2 is 1.78 bits per heavy atom. The van der Waals surface area contributed by atoms with Crippen molar-refractivity contribution < 1.29 is 13.2 Å². The van der Waals surface area contributed by atoms with Crippen molar-refractivity contribution in [3.05, 3.63) is 58.9 Å². The van der Waals surface area contributed by atoms with E-state index in [0.717, 1.165) is 21.8 Å². The lowest BCUT2D eigenvalue weighted by Crippen LogP contribution is -2.40. The summed E-state index contributed by atoms with van der Waals surface area (Å²) in [5.41, 5.74) is 2.51. The second-order valence-corrected chi connectivity index (χ2v) is 9.32. The van der Waals surface area contributed by atoms with Crippen LogP contribution in [0.25, 0.3) is 21.8 Å². The highest BCUT2D eigenvalue weighted by molar-refractivity contribution is 7.89. The molecule has 0 saturated carbocycles. The molecule has 140 valence electrons. The summed E-state index contributed by atoms with van der Waals surface area (Å²) >= 11 is 7.45. The number of ether oxygens (including phenoxy) is 1. The number of sulfonamides is 1. The zero-order valence-electron chi connectivity index (χ0n) is 14.3. The molecule has 1 fully saturated rings. The first-order valence-corrected chi connectivity index (χ1v) is 11.1. The molecule has 0 aliphatic carbocycles. The molecule has 1 aromatic heterocycles. The average Bonchev–Trinajstić information content (AvgIpc) is 3.20. The molecule has 27 heavy (non-hydrogen) atoms. The predicted octanol–water partition coefficient (Wildman–Crippen LogP) is 4.15. The maximum Gasteiger partial charge on any atom is 0.243 e. The molecule has 0 bridgehead atoms. The van der Waals surface area contributed by atoms with Gasteiger partial charge in [0.2, 0.25) is 10.0 Å². The Balaban J connectivity index is 1.64. The highest BCUT2D eigenvalue weighted by Crippen LogP contribution is 2.31. The van der Waals surface area contributed by atoms with Gasteiger partial charge in [-0.3, -0.25) is 0 Å². The molecule has 4 rings (SSSR count). The van der Waals surface area contributed by atoms with E-state index in [2.05, 4.69) is 4.98 Å². The van der Waals surface area contributed by atoms with Crippen molar-refractivity contribution in [3.63, 3.8) is 0 Å². The summed E-state index contributed by atoms with van der Waals surface area (Å²) in [6, 6.07) is 14.4. The average molecular weight is 421 g/mol. The van der Waals surface area contributed by atoms with Crippen molar-refractivity contribution in [2.45, 2.75) is 4.90 Å². The minimum absolute atomic E-state index is 0.281. The number of aromatic nitrogens is 1. The highest BCUT2D eigenvalue weighted by Gasteiger charge is 2.26. The van der Waals surface area contributed by atoms with Crippen LogP contribution in [-0.4, -0.2) is 44.0 Å². The topological polar surface area (TPSA) is 59.5 Å². The molecule has 3 aromatic rings. The maximum absolute atomic E-state index is 12.9. The molecule has 2 heterocycles. The summed E-state index contributed by atoms with van der Waals surface area (Å²) in [6.07, 6.45) is 0. The van der Waals surface area contributed by atoms with Crippen LogP contribution in [0.3, 0.4) is 0 Å². The largest absolute Gasteiger partial charge is 0.379 e. The summed E-state index contributed by atoms with van der Waals surface area (Å²) < 4.78 is 32.5. The summed E-state index contributed by atoms with van der Waals surface area (Å²) in [5, 5.41) is 3.48. The number of morpholine rings is 1. The van der Waals surface area contributed by atoms with Gasteiger partial charge >= 0.3 is 0 Å². The van der Waals surface area contributed by atoms with Gasteiger partial charge in [-0.25, -0.2) is 13.4 Å². The normalized spacial score (nSPS) is 15.7. The van der Waals surface area contributed by atoms with Crippen molar-refractivity contribution in [2.75, 3.05) is 26.3 Å². The van der Waals surface area contributed by atoms with E-state index in [9.17, 15) is 8.42 Å². The third kappa shape index (κ3) is 3.93. The van der Waals surface area contributed by atoms with Gasteiger partial charge in [0, 0.05) is 34.6 Å². The summed E-state index contributed by atoms with van der Waals surface area (Å²) in [5.74, 6) is 0. The van der Waals surface area contributed by atoms with Gasteiger partial charge in [-0.1, -0.05) is 35.9 Å². The highest BCUT2D eigenvalue weighted by atomic mass is 35.5. The Kier molecular flexibility index (Phi) is 5.29. The van der Waals surface area contributed by atoms with E-state index in [-0.39, 0.29) is 4.90 Å². The molecule has 0 spiro atoms. The zero-order valence-corrected chi connectivity index (χ0v) is 16.7. The fourth-order valence-corrected chi connectivity index (χ4v) is 5.30. The molecule has 2 aromatic carbocycles. The third-order valence-electron chi connectivity index (χ3n) is 4.33. The number of benzene rings is 2. The summed E-state index contributed by atoms with van der Waals surface area (Å²) in [7, 11) is -3.53. The predicted molar refractivity (Wildman–Crippen MR) is 108 cm³/mol. The van der Waals surface area contributed by atoms with Crippen LogP contribution < -0.4 is 0 Å². The second-order valence-electron chi connectivity index (χ2n) is 6.09. The standard InChI is InChI=1S/C19H17ClN2O3S2/c20-16-6-4-14(5-7-16)19-21-18(13-26-19)15-2-1-3-17(12-15)27(23,24)22-8-10-25-11-9-22/h1-7,12-13H,8-11H2. The van der Waals surface area contributed by atoms with E-state index in [4.69, 9.17) is 16.3 Å². The first kappa shape index (κ1) is 18.6. The molecular formula is C19H17ClN2O3S2. The smallest absolute Gasteiger partial charge is 0.243 e. The Hall–Kier alpha value is -1.77. The quantitative estimate of drug-likeness (QED) is 0.636. The molecular weight excluding hydrogens is 404 g/mol. The molecule has 1 saturated heterocycles. The monoisotopic (exact) mass is 420 g/mol. The van der Waals surface area contributed by atoms with Crippen LogP contribution in [0.15, 0.2) is 58.8 Å². The molecule has 8 heteroatoms. The number of hydrogen-bond acceptors (Lipinski definition) is 5. The molecule has 0 unspecified atom stereocenters. The molecule has 0 radical (unpaired) electrons. The van der Waals surface area contributed by atoms with Gasteiger partial charge in [0.1, 0.15) is 5.01 Å². The molecule has 5 nitrogen and oxygen atoms in total. The van der Waals surface area contributed by atoms with Gasteiger partial charge in [-0.2, -0.15) is 4.31 Å². The van der Waals surface area contributed by atoms with Gasteiger partial charge in [0.15, 0.2) is 0 Å². The minimum Gasteiger partial charge on any atom is -0.379 e. The Labute approximate surface area is 167 Å². The number of halogens is 1. The number of thiazole rings is 1. The van der Waals surface area contributed by atoms with Crippen molar-refractivity contribution in [1.82, 2.24) is 9.29 Å². The van der Waals surface area contributed by atoms with Crippen molar-refractivity contribution >= 4 is 33.0 Å². The van der Waals surface area contributed by atoms with E-state index >= 15 is 0 Å². The third-order valence-corrected chi connectivity index (χ3v) is 7.37. The number of rotatable bonds is 4. The van der Waals surface area contributed by atoms with Crippen LogP contribution in [0.1, 0.15) is 0 Å². The molecule has 0 N–H and O–H groups in total. The zero-order chi connectivity index (χ0) is 18.9. The number of nitrogens with zero attached hydrogens (tertiary/aromatic N) is 2. The summed E-state index contributed by atoms with van der Waals surface area (Å²) in [4.78, 5) is 4.94. The van der Waals surface area contributed by atoms with Crippen molar-refractivity contribution in [1.29, 1.82) is 0 Å². The van der Waals surface area contributed by atoms with Crippen molar-refractivity contribution in [3.8, 4) is 21.8 Å². The molecule has 1 aliphatic heterocycles. The fraction of sp³-hybridized carbons (Fsp3) is 0.211. The fourth-order valence-electron chi connectivity index (χ4n) is 2.88. The van der Waals surface area contributed by atoms with E-state index in [1.807, 2.05) is 35.7 Å². The van der Waals surface area contributed by atoms with Gasteiger partial charge in [0.05, 0.1) is 23.8 Å². The molecule has 0 amide bonds. The maximum atomic E-state index is 12.9. The van der Waals surface area contributed by atoms with Gasteiger partial charge < -0.3 is 4.74 Å². The van der Waals surface area contributed by atoms with Gasteiger partial charge in [-0.15, -0.1) is 11.3 Å². The SMILES string of the molecule is O=S(=O)(c1cccc(-c2csc(-c3ccc(Cl)cc3)n2)c1)N1CCOCC1. The lowest BCUT2D eigenvalue weighted by molar-refractivity contribution is 0.0730. The molecule has 1 aliphatic rings. The van der Waals surface area contributed by atoms with E-state index < -0.39 is 10.0 Å². The lowest BCUT2D eigenvalue weighted by atomic mass is 10.2. The van der Waals surface area contributed by atoms with Crippen LogP contribution in [0.4, 0.5) is 0 Å². The van der Waals surface area contributed by atoms with Crippen LogP contribution in [0.2, 0.25) is 5.02 Å². The number of hydrogen-bond donors (Lipinski definition) is 0. The van der Waals surface area contributed by atoms with Crippen LogP contribution in [0.5, 0.6) is 0 Å².